The molecule has 1 aliphatic heterocycles. The van der Waals surface area contributed by atoms with Crippen LogP contribution >= 0.6 is 0 Å². The molecule has 1 heterocycles. The van der Waals surface area contributed by atoms with E-state index in [2.05, 4.69) is 71.0 Å². The molecule has 3 heteroatoms. The summed E-state index contributed by atoms with van der Waals surface area (Å²) >= 11 is 0. The molecule has 20 heavy (non-hydrogen) atoms. The fourth-order valence-electron chi connectivity index (χ4n) is 2.57. The van der Waals surface area contributed by atoms with E-state index in [9.17, 15) is 0 Å². The SMILES string of the molecule is Cc1cccc2ccc(B3OC(C)(C)C(C)(C)O3)cc12. The average molecular weight is 268 g/mol. The third-order valence-electron chi connectivity index (χ3n) is 4.65. The minimum absolute atomic E-state index is 0.288. The van der Waals surface area contributed by atoms with Crippen molar-refractivity contribution in [2.75, 3.05) is 0 Å². The van der Waals surface area contributed by atoms with Crippen LogP contribution in [-0.4, -0.2) is 18.3 Å². The van der Waals surface area contributed by atoms with Crippen molar-refractivity contribution < 1.29 is 9.31 Å². The van der Waals surface area contributed by atoms with Gasteiger partial charge in [-0.1, -0.05) is 36.4 Å². The zero-order chi connectivity index (χ0) is 14.5. The maximum atomic E-state index is 6.12. The molecule has 1 saturated heterocycles. The van der Waals surface area contributed by atoms with E-state index in [0.29, 0.717) is 0 Å². The molecule has 0 N–H and O–H groups in total. The molecule has 0 atom stereocenters. The normalized spacial score (nSPS) is 20.6. The van der Waals surface area contributed by atoms with Crippen molar-refractivity contribution in [2.45, 2.75) is 45.8 Å². The molecule has 1 aliphatic rings. The number of fused-ring (bicyclic) bond motifs is 1. The van der Waals surface area contributed by atoms with Gasteiger partial charge in [-0.3, -0.25) is 0 Å². The molecule has 0 radical (unpaired) electrons. The molecule has 0 aliphatic carbocycles. The van der Waals surface area contributed by atoms with Crippen LogP contribution < -0.4 is 5.46 Å². The Morgan fingerprint density at radius 2 is 1.55 bits per heavy atom. The standard InChI is InChI=1S/C17H21BO2/c1-12-7-6-8-13-9-10-14(11-15(12)13)18-19-16(2,3)17(4,5)20-18/h6-11H,1-5H3. The summed E-state index contributed by atoms with van der Waals surface area (Å²) in [6, 6.07) is 12.8. The molecular weight excluding hydrogens is 247 g/mol. The first-order valence-electron chi connectivity index (χ1n) is 7.15. The second kappa shape index (κ2) is 4.34. The van der Waals surface area contributed by atoms with Crippen molar-refractivity contribution in [3.63, 3.8) is 0 Å². The quantitative estimate of drug-likeness (QED) is 0.737. The van der Waals surface area contributed by atoms with Crippen molar-refractivity contribution in [1.82, 2.24) is 0 Å². The van der Waals surface area contributed by atoms with Crippen LogP contribution in [0.15, 0.2) is 36.4 Å². The average Bonchev–Trinajstić information content (AvgIpc) is 2.59. The van der Waals surface area contributed by atoms with Crippen LogP contribution in [0.5, 0.6) is 0 Å². The van der Waals surface area contributed by atoms with Crippen LogP contribution in [0.4, 0.5) is 0 Å². The van der Waals surface area contributed by atoms with E-state index in [1.54, 1.807) is 0 Å². The van der Waals surface area contributed by atoms with E-state index < -0.39 is 0 Å². The van der Waals surface area contributed by atoms with Gasteiger partial charge in [0, 0.05) is 0 Å². The lowest BCUT2D eigenvalue weighted by Crippen LogP contribution is -2.41. The Labute approximate surface area is 121 Å². The van der Waals surface area contributed by atoms with Crippen molar-refractivity contribution in [1.29, 1.82) is 0 Å². The molecular formula is C17H21BO2. The van der Waals surface area contributed by atoms with Gasteiger partial charge in [0.2, 0.25) is 0 Å². The highest BCUT2D eigenvalue weighted by Gasteiger charge is 2.51. The Bertz CT molecular complexity index is 645. The molecule has 2 nitrogen and oxygen atoms in total. The van der Waals surface area contributed by atoms with E-state index in [-0.39, 0.29) is 18.3 Å². The molecule has 104 valence electrons. The van der Waals surface area contributed by atoms with Crippen LogP contribution in [0.1, 0.15) is 33.3 Å². The summed E-state index contributed by atoms with van der Waals surface area (Å²) in [4.78, 5) is 0. The topological polar surface area (TPSA) is 18.5 Å². The molecule has 2 aromatic carbocycles. The van der Waals surface area contributed by atoms with Crippen LogP contribution in [-0.2, 0) is 9.31 Å². The molecule has 0 saturated carbocycles. The summed E-state index contributed by atoms with van der Waals surface area (Å²) < 4.78 is 12.2. The van der Waals surface area contributed by atoms with Crippen molar-refractivity contribution in [3.8, 4) is 0 Å². The summed E-state index contributed by atoms with van der Waals surface area (Å²) in [6.45, 7) is 10.5. The number of benzene rings is 2. The van der Waals surface area contributed by atoms with E-state index in [0.717, 1.165) is 5.46 Å². The van der Waals surface area contributed by atoms with Gasteiger partial charge in [0.1, 0.15) is 0 Å². The Morgan fingerprint density at radius 1 is 0.900 bits per heavy atom. The lowest BCUT2D eigenvalue weighted by molar-refractivity contribution is 0.00578. The van der Waals surface area contributed by atoms with E-state index in [4.69, 9.17) is 9.31 Å². The fraction of sp³-hybridized carbons (Fsp3) is 0.412. The molecule has 3 rings (SSSR count). The van der Waals surface area contributed by atoms with Crippen molar-refractivity contribution in [3.05, 3.63) is 42.0 Å². The second-order valence-electron chi connectivity index (χ2n) is 6.64. The van der Waals surface area contributed by atoms with Gasteiger partial charge in [-0.15, -0.1) is 0 Å². The number of rotatable bonds is 1. The van der Waals surface area contributed by atoms with Gasteiger partial charge in [-0.2, -0.15) is 0 Å². The third kappa shape index (κ3) is 2.06. The minimum atomic E-state index is -0.293. The predicted octanol–water partition coefficient (Wildman–Crippen LogP) is 3.45. The smallest absolute Gasteiger partial charge is 0.399 e. The highest BCUT2D eigenvalue weighted by molar-refractivity contribution is 6.62. The Balaban J connectivity index is 2.02. The minimum Gasteiger partial charge on any atom is -0.399 e. The summed E-state index contributed by atoms with van der Waals surface area (Å²) in [5, 5.41) is 2.52. The van der Waals surface area contributed by atoms with E-state index in [1.165, 1.54) is 16.3 Å². The van der Waals surface area contributed by atoms with E-state index >= 15 is 0 Å². The first kappa shape index (κ1) is 13.7. The second-order valence-corrected chi connectivity index (χ2v) is 6.64. The highest BCUT2D eigenvalue weighted by atomic mass is 16.7. The van der Waals surface area contributed by atoms with Crippen LogP contribution in [0.25, 0.3) is 10.8 Å². The van der Waals surface area contributed by atoms with Crippen molar-refractivity contribution >= 4 is 23.4 Å². The molecule has 2 aromatic rings. The van der Waals surface area contributed by atoms with Crippen LogP contribution in [0, 0.1) is 6.92 Å². The van der Waals surface area contributed by atoms with E-state index in [1.807, 2.05) is 0 Å². The van der Waals surface area contributed by atoms with Gasteiger partial charge in [0.05, 0.1) is 11.2 Å². The molecule has 0 aromatic heterocycles. The monoisotopic (exact) mass is 268 g/mol. The predicted molar refractivity (Wildman–Crippen MR) is 84.4 cm³/mol. The lowest BCUT2D eigenvalue weighted by Gasteiger charge is -2.32. The maximum absolute atomic E-state index is 6.12. The Morgan fingerprint density at radius 3 is 2.20 bits per heavy atom. The fourth-order valence-corrected chi connectivity index (χ4v) is 2.57. The van der Waals surface area contributed by atoms with Crippen molar-refractivity contribution in [2.24, 2.45) is 0 Å². The van der Waals surface area contributed by atoms with Gasteiger partial charge in [-0.05, 0) is 56.4 Å². The third-order valence-corrected chi connectivity index (χ3v) is 4.65. The highest BCUT2D eigenvalue weighted by Crippen LogP contribution is 2.36. The Kier molecular flexibility index (Phi) is 2.96. The van der Waals surface area contributed by atoms with Gasteiger partial charge >= 0.3 is 7.12 Å². The van der Waals surface area contributed by atoms with Gasteiger partial charge in [0.15, 0.2) is 0 Å². The van der Waals surface area contributed by atoms with Gasteiger partial charge in [0.25, 0.3) is 0 Å². The number of hydrogen-bond donors (Lipinski definition) is 0. The van der Waals surface area contributed by atoms with Crippen LogP contribution in [0.2, 0.25) is 0 Å². The first-order chi connectivity index (χ1) is 9.30. The summed E-state index contributed by atoms with van der Waals surface area (Å²) in [5.41, 5.74) is 1.78. The largest absolute Gasteiger partial charge is 0.494 e. The molecule has 0 spiro atoms. The zero-order valence-corrected chi connectivity index (χ0v) is 12.9. The number of hydrogen-bond acceptors (Lipinski definition) is 2. The number of aryl methyl sites for hydroxylation is 1. The zero-order valence-electron chi connectivity index (χ0n) is 12.9. The first-order valence-corrected chi connectivity index (χ1v) is 7.15. The molecule has 1 fully saturated rings. The summed E-state index contributed by atoms with van der Waals surface area (Å²) in [6.07, 6.45) is 0. The molecule has 0 amide bonds. The van der Waals surface area contributed by atoms with Gasteiger partial charge in [-0.25, -0.2) is 0 Å². The summed E-state index contributed by atoms with van der Waals surface area (Å²) in [7, 11) is -0.288. The molecule has 0 bridgehead atoms. The lowest BCUT2D eigenvalue weighted by atomic mass is 9.78. The van der Waals surface area contributed by atoms with Crippen LogP contribution in [0.3, 0.4) is 0 Å². The summed E-state index contributed by atoms with van der Waals surface area (Å²) in [5.74, 6) is 0. The maximum Gasteiger partial charge on any atom is 0.494 e. The molecule has 0 unspecified atom stereocenters. The van der Waals surface area contributed by atoms with Gasteiger partial charge < -0.3 is 9.31 Å². The Hall–Kier alpha value is -1.32.